The van der Waals surface area contributed by atoms with Crippen molar-refractivity contribution >= 4 is 16.2 Å². The number of rotatable bonds is 1. The van der Waals surface area contributed by atoms with Crippen molar-refractivity contribution in [3.8, 4) is 11.1 Å². The molecule has 1 atom stereocenters. The minimum Gasteiger partial charge on any atom is -0.207 e. The van der Waals surface area contributed by atoms with Crippen LogP contribution in [0.1, 0.15) is 27.7 Å². The monoisotopic (exact) mass is 514 g/mol. The number of allylic oxidation sites excluding steroid dienone is 4. The Morgan fingerprint density at radius 2 is 1.55 bits per heavy atom. The molecule has 0 bridgehead atoms. The Kier molecular flexibility index (Phi) is 9.39. The van der Waals surface area contributed by atoms with Gasteiger partial charge in [-0.05, 0) is 0 Å². The number of benzene rings is 2. The van der Waals surface area contributed by atoms with E-state index in [9.17, 15) is 13.2 Å². The Labute approximate surface area is 198 Å². The van der Waals surface area contributed by atoms with Crippen molar-refractivity contribution in [1.29, 1.82) is 0 Å². The number of hydrogen-bond donors (Lipinski definition) is 0. The van der Waals surface area contributed by atoms with Crippen LogP contribution in [0, 0.1) is 29.4 Å². The van der Waals surface area contributed by atoms with Gasteiger partial charge in [0.2, 0.25) is 0 Å². The normalized spacial score (nSPS) is 15.2. The predicted molar refractivity (Wildman–Crippen MR) is 122 cm³/mol. The quantitative estimate of drug-likeness (QED) is 0.227. The summed E-state index contributed by atoms with van der Waals surface area (Å²) < 4.78 is 40.3. The average molecular weight is 516 g/mol. The van der Waals surface area contributed by atoms with Crippen molar-refractivity contribution in [1.82, 2.24) is 0 Å². The van der Waals surface area contributed by atoms with E-state index in [1.807, 2.05) is 12.1 Å². The van der Waals surface area contributed by atoms with Crippen molar-refractivity contribution in [2.24, 2.45) is 5.92 Å². The third-order valence-corrected chi connectivity index (χ3v) is 5.19. The molecule has 160 valence electrons. The molecule has 3 aromatic rings. The average Bonchev–Trinajstić information content (AvgIpc) is 3.18. The van der Waals surface area contributed by atoms with Crippen molar-refractivity contribution < 1.29 is 36.5 Å². The van der Waals surface area contributed by atoms with E-state index in [-0.39, 0.29) is 11.0 Å². The minimum atomic E-state index is -0.912. The van der Waals surface area contributed by atoms with E-state index < -0.39 is 17.5 Å². The molecule has 0 saturated heterocycles. The summed E-state index contributed by atoms with van der Waals surface area (Å²) in [5.41, 5.74) is 4.72. The van der Waals surface area contributed by atoms with Gasteiger partial charge in [0, 0.05) is 17.7 Å². The molecule has 0 amide bonds. The fourth-order valence-corrected chi connectivity index (χ4v) is 3.33. The second kappa shape index (κ2) is 11.3. The van der Waals surface area contributed by atoms with E-state index in [1.54, 1.807) is 47.6 Å². The van der Waals surface area contributed by atoms with Crippen LogP contribution in [0.25, 0.3) is 21.9 Å². The maximum atomic E-state index is 13.7. The summed E-state index contributed by atoms with van der Waals surface area (Å²) in [6.07, 6.45) is 3.36. The summed E-state index contributed by atoms with van der Waals surface area (Å²) in [6, 6.07) is 12.1. The zero-order valence-corrected chi connectivity index (χ0v) is 22.3. The second-order valence-corrected chi connectivity index (χ2v) is 17.3. The van der Waals surface area contributed by atoms with Crippen LogP contribution >= 0.6 is 0 Å². The van der Waals surface area contributed by atoms with Crippen molar-refractivity contribution in [3.63, 3.8) is 0 Å². The molecule has 4 rings (SSSR count). The van der Waals surface area contributed by atoms with Gasteiger partial charge in [-0.25, -0.2) is 18.7 Å². The van der Waals surface area contributed by atoms with Gasteiger partial charge >= 0.3 is 41.9 Å². The molecular formula is C26H27F3SiZr. The van der Waals surface area contributed by atoms with E-state index in [4.69, 9.17) is 0 Å². The van der Waals surface area contributed by atoms with E-state index >= 15 is 0 Å². The molecule has 0 aliphatic heterocycles. The van der Waals surface area contributed by atoms with Crippen LogP contribution in [0.5, 0.6) is 0 Å². The van der Waals surface area contributed by atoms with Crippen molar-refractivity contribution in [2.75, 3.05) is 0 Å². The number of halogens is 3. The minimum absolute atomic E-state index is 0.183. The molecule has 0 fully saturated rings. The third kappa shape index (κ3) is 6.70. The van der Waals surface area contributed by atoms with Gasteiger partial charge in [0.05, 0.1) is 0 Å². The summed E-state index contributed by atoms with van der Waals surface area (Å²) in [7, 11) is 0. The second-order valence-electron chi connectivity index (χ2n) is 7.88. The van der Waals surface area contributed by atoms with E-state index in [2.05, 4.69) is 46.9 Å². The summed E-state index contributed by atoms with van der Waals surface area (Å²) in [5.74, 6) is -2.12. The fraction of sp³-hybridized carbons (Fsp3) is 0.269. The Morgan fingerprint density at radius 1 is 1.00 bits per heavy atom. The Balaban J connectivity index is 0.000000220. The van der Waals surface area contributed by atoms with Crippen molar-refractivity contribution in [3.05, 3.63) is 88.8 Å². The molecule has 0 saturated carbocycles. The molecule has 0 spiro atoms. The SMILES string of the molecule is CC1=[C-]C(C)C(C)=C1C.C[Si](C)=[Zr+2].Fc1cc(F)c(-c2c[cH-]c3ccccc23)c(F)c1. The van der Waals surface area contributed by atoms with Crippen LogP contribution in [0.15, 0.2) is 65.3 Å². The molecule has 1 aliphatic carbocycles. The van der Waals surface area contributed by atoms with Crippen LogP contribution in [-0.4, -0.2) is 5.43 Å². The van der Waals surface area contributed by atoms with Crippen LogP contribution in [0.4, 0.5) is 13.2 Å². The molecule has 0 aromatic heterocycles. The van der Waals surface area contributed by atoms with Gasteiger partial charge in [-0.3, -0.25) is 6.08 Å². The van der Waals surface area contributed by atoms with E-state index in [0.29, 0.717) is 23.6 Å². The molecule has 0 heterocycles. The van der Waals surface area contributed by atoms with Crippen LogP contribution in [0.2, 0.25) is 13.1 Å². The smallest absolute Gasteiger partial charge is 0.129 e. The molecule has 31 heavy (non-hydrogen) atoms. The molecule has 3 aromatic carbocycles. The molecule has 1 unspecified atom stereocenters. The Morgan fingerprint density at radius 3 is 2.00 bits per heavy atom. The van der Waals surface area contributed by atoms with Gasteiger partial charge in [0.25, 0.3) is 0 Å². The first-order valence-corrected chi connectivity index (χ1v) is 16.3. The molecule has 0 nitrogen and oxygen atoms in total. The Hall–Kier alpha value is -1.58. The van der Waals surface area contributed by atoms with E-state index in [1.165, 1.54) is 16.7 Å². The maximum absolute atomic E-state index is 13.7. The first-order chi connectivity index (χ1) is 14.5. The topological polar surface area (TPSA) is 0 Å². The predicted octanol–water partition coefficient (Wildman–Crippen LogP) is 8.15. The maximum Gasteiger partial charge on any atom is 0.129 e. The van der Waals surface area contributed by atoms with Gasteiger partial charge in [0.15, 0.2) is 0 Å². The van der Waals surface area contributed by atoms with Gasteiger partial charge in [-0.15, -0.1) is 53.6 Å². The third-order valence-electron chi connectivity index (χ3n) is 5.19. The molecule has 5 heteroatoms. The van der Waals surface area contributed by atoms with Gasteiger partial charge < -0.3 is 0 Å². The summed E-state index contributed by atoms with van der Waals surface area (Å²) in [5, 5.41) is 1.65. The first kappa shape index (κ1) is 25.7. The van der Waals surface area contributed by atoms with Gasteiger partial charge in [-0.2, -0.15) is 11.1 Å². The van der Waals surface area contributed by atoms with Gasteiger partial charge in [0.1, 0.15) is 17.5 Å². The van der Waals surface area contributed by atoms with Crippen LogP contribution in [0.3, 0.4) is 0 Å². The molecule has 0 radical (unpaired) electrons. The molecule has 1 aliphatic rings. The van der Waals surface area contributed by atoms with Crippen LogP contribution in [-0.2, 0) is 23.3 Å². The number of hydrogen-bond acceptors (Lipinski definition) is 0. The standard InChI is InChI=1S/C15H8F3.C9H13.C2H6Si.Zr/c16-10-7-13(17)15(14(18)8-10)12-6-5-9-3-1-2-4-11(9)12;1-6-5-7(2)9(4)8(6)3;1-3-2;/h1-8H;6H,1-4H3;1-2H3;/q2*-1;;+2. The summed E-state index contributed by atoms with van der Waals surface area (Å²) in [4.78, 5) is 0. The first-order valence-electron chi connectivity index (χ1n) is 10.1. The van der Waals surface area contributed by atoms with E-state index in [0.717, 1.165) is 10.8 Å². The van der Waals surface area contributed by atoms with Gasteiger partial charge in [-0.1, -0.05) is 32.8 Å². The molecular weight excluding hydrogens is 489 g/mol. The molecule has 0 N–H and O–H groups in total. The zero-order chi connectivity index (χ0) is 23.3. The summed E-state index contributed by atoms with van der Waals surface area (Å²) >= 11 is 1.74. The van der Waals surface area contributed by atoms with Crippen molar-refractivity contribution in [2.45, 2.75) is 40.8 Å². The largest absolute Gasteiger partial charge is 0.207 e. The fourth-order valence-electron chi connectivity index (χ4n) is 3.33. The zero-order valence-electron chi connectivity index (χ0n) is 18.8. The van der Waals surface area contributed by atoms with Crippen LogP contribution < -0.4 is 0 Å². The number of fused-ring (bicyclic) bond motifs is 1. The Bertz CT molecular complexity index is 1130. The summed E-state index contributed by atoms with van der Waals surface area (Å²) in [6.45, 7) is 13.3.